The first-order chi connectivity index (χ1) is 16.0. The fourth-order valence-electron chi connectivity index (χ4n) is 5.23. The normalized spacial score (nSPS) is 26.7. The first-order valence-corrected chi connectivity index (χ1v) is 11.4. The second kappa shape index (κ2) is 8.68. The topological polar surface area (TPSA) is 109 Å². The summed E-state index contributed by atoms with van der Waals surface area (Å²) in [7, 11) is 1.57. The van der Waals surface area contributed by atoms with Crippen LogP contribution in [0.2, 0.25) is 0 Å². The number of carbonyl (C=O) groups excluding carboxylic acids is 2. The molecule has 1 saturated heterocycles. The minimum atomic E-state index is -0.290. The molecule has 1 aliphatic carbocycles. The Balaban J connectivity index is 1.50. The largest absolute Gasteiger partial charge is 0.491 e. The quantitative estimate of drug-likeness (QED) is 0.505. The lowest BCUT2D eigenvalue weighted by molar-refractivity contribution is 0.0946. The third-order valence-electron chi connectivity index (χ3n) is 6.93. The molecule has 2 amide bonds. The van der Waals surface area contributed by atoms with Gasteiger partial charge in [-0.25, -0.2) is 0 Å². The van der Waals surface area contributed by atoms with Crippen molar-refractivity contribution in [2.24, 2.45) is 11.8 Å². The third kappa shape index (κ3) is 3.94. The zero-order chi connectivity index (χ0) is 23.1. The van der Waals surface area contributed by atoms with Crippen LogP contribution in [0.3, 0.4) is 0 Å². The summed E-state index contributed by atoms with van der Waals surface area (Å²) in [6.07, 6.45) is -0.233. The number of aliphatic hydroxyl groups excluding tert-OH is 1. The second-order valence-electron chi connectivity index (χ2n) is 8.95. The van der Waals surface area contributed by atoms with Gasteiger partial charge in [-0.05, 0) is 48.6 Å². The van der Waals surface area contributed by atoms with Crippen LogP contribution in [0.1, 0.15) is 44.7 Å². The van der Waals surface area contributed by atoms with Gasteiger partial charge in [0, 0.05) is 43.2 Å². The molecule has 5 atom stereocenters. The maximum absolute atomic E-state index is 13.1. The van der Waals surface area contributed by atoms with Crippen molar-refractivity contribution in [3.8, 4) is 11.5 Å². The van der Waals surface area contributed by atoms with Gasteiger partial charge in [-0.2, -0.15) is 0 Å². The highest BCUT2D eigenvalue weighted by Crippen LogP contribution is 2.46. The Bertz CT molecular complexity index is 1080. The number of ether oxygens (including phenoxy) is 2. The van der Waals surface area contributed by atoms with Gasteiger partial charge in [0.05, 0.1) is 12.2 Å². The molecule has 0 radical (unpaired) electrons. The van der Waals surface area contributed by atoms with Crippen LogP contribution < -0.4 is 25.4 Å². The lowest BCUT2D eigenvalue weighted by atomic mass is 9.86. The SMILES string of the molecule is CNC(=O)c1cc(C(=O)NC2[C@H]3CNC[C@@H]23)cc2c1O[C@H](C)[C@H]2c1cccc(OCCO)c1. The van der Waals surface area contributed by atoms with E-state index in [4.69, 9.17) is 14.6 Å². The summed E-state index contributed by atoms with van der Waals surface area (Å²) in [5, 5.41) is 18.2. The number of piperidine rings is 1. The Morgan fingerprint density at radius 2 is 1.97 bits per heavy atom. The number of benzene rings is 2. The Morgan fingerprint density at radius 1 is 1.18 bits per heavy atom. The number of hydrogen-bond acceptors (Lipinski definition) is 6. The highest BCUT2D eigenvalue weighted by atomic mass is 16.5. The molecule has 4 N–H and O–H groups in total. The maximum Gasteiger partial charge on any atom is 0.254 e. The van der Waals surface area contributed by atoms with E-state index in [-0.39, 0.29) is 43.1 Å². The van der Waals surface area contributed by atoms with Crippen molar-refractivity contribution in [3.05, 3.63) is 58.7 Å². The molecule has 8 heteroatoms. The number of hydrogen-bond donors (Lipinski definition) is 4. The van der Waals surface area contributed by atoms with Crippen LogP contribution in [0, 0.1) is 11.8 Å². The Hall–Kier alpha value is -3.10. The summed E-state index contributed by atoms with van der Waals surface area (Å²) in [6.45, 7) is 3.97. The molecule has 33 heavy (non-hydrogen) atoms. The minimum absolute atomic E-state index is 0.0667. The molecule has 2 aliphatic heterocycles. The lowest BCUT2D eigenvalue weighted by Gasteiger charge is -2.17. The van der Waals surface area contributed by atoms with E-state index < -0.39 is 0 Å². The number of amides is 2. The predicted molar refractivity (Wildman–Crippen MR) is 122 cm³/mol. The predicted octanol–water partition coefficient (Wildman–Crippen LogP) is 1.28. The molecule has 8 nitrogen and oxygen atoms in total. The van der Waals surface area contributed by atoms with Crippen LogP contribution in [0.15, 0.2) is 36.4 Å². The lowest BCUT2D eigenvalue weighted by Crippen LogP contribution is -2.32. The molecule has 0 spiro atoms. The highest BCUT2D eigenvalue weighted by molar-refractivity contribution is 6.02. The van der Waals surface area contributed by atoms with Crippen LogP contribution in [-0.2, 0) is 0 Å². The van der Waals surface area contributed by atoms with Gasteiger partial charge < -0.3 is 30.5 Å². The van der Waals surface area contributed by atoms with E-state index in [0.29, 0.717) is 34.5 Å². The van der Waals surface area contributed by atoms with Gasteiger partial charge in [0.2, 0.25) is 0 Å². The van der Waals surface area contributed by atoms with E-state index in [2.05, 4.69) is 16.0 Å². The van der Waals surface area contributed by atoms with Crippen LogP contribution in [0.25, 0.3) is 0 Å². The molecule has 0 aromatic heterocycles. The van der Waals surface area contributed by atoms with Gasteiger partial charge in [0.1, 0.15) is 24.2 Å². The van der Waals surface area contributed by atoms with Crippen LogP contribution in [0.5, 0.6) is 11.5 Å². The van der Waals surface area contributed by atoms with Crippen molar-refractivity contribution >= 4 is 11.8 Å². The molecular formula is C25H29N3O5. The first kappa shape index (κ1) is 21.7. The van der Waals surface area contributed by atoms with Gasteiger partial charge in [-0.15, -0.1) is 0 Å². The molecule has 3 aliphatic rings. The standard InChI is InChI=1S/C25H29N3O5/c1-13-21(14-4-3-5-16(8-14)32-7-6-29)17-9-15(10-18(23(17)33-13)25(31)26-2)24(30)28-22-19-11-27-12-20(19)22/h3-5,8-10,13,19-22,27,29H,6-7,11-12H2,1-2H3,(H,26,31)(H,28,30)/t13-,19-,20+,21+,22?/m1/s1. The minimum Gasteiger partial charge on any atom is -0.491 e. The van der Waals surface area contributed by atoms with Gasteiger partial charge in [-0.3, -0.25) is 9.59 Å². The molecule has 0 bridgehead atoms. The van der Waals surface area contributed by atoms with Gasteiger partial charge in [0.15, 0.2) is 0 Å². The van der Waals surface area contributed by atoms with E-state index >= 15 is 0 Å². The maximum atomic E-state index is 13.1. The fraction of sp³-hybridized carbons (Fsp3) is 0.440. The van der Waals surface area contributed by atoms with E-state index in [1.54, 1.807) is 13.1 Å². The molecular weight excluding hydrogens is 422 g/mol. The summed E-state index contributed by atoms with van der Waals surface area (Å²) in [6, 6.07) is 11.3. The van der Waals surface area contributed by atoms with E-state index in [1.807, 2.05) is 37.3 Å². The average molecular weight is 452 g/mol. The van der Waals surface area contributed by atoms with Crippen molar-refractivity contribution in [1.29, 1.82) is 0 Å². The Kier molecular flexibility index (Phi) is 5.72. The molecule has 5 rings (SSSR count). The number of fused-ring (bicyclic) bond motifs is 2. The Labute approximate surface area is 192 Å². The molecule has 1 unspecified atom stereocenters. The summed E-state index contributed by atoms with van der Waals surface area (Å²) in [4.78, 5) is 25.8. The van der Waals surface area contributed by atoms with Gasteiger partial charge in [0.25, 0.3) is 11.8 Å². The first-order valence-electron chi connectivity index (χ1n) is 11.4. The second-order valence-corrected chi connectivity index (χ2v) is 8.95. The Morgan fingerprint density at radius 3 is 2.70 bits per heavy atom. The molecule has 2 fully saturated rings. The average Bonchev–Trinajstić information content (AvgIpc) is 3.15. The van der Waals surface area contributed by atoms with Crippen molar-refractivity contribution < 1.29 is 24.2 Å². The number of carbonyl (C=O) groups is 2. The van der Waals surface area contributed by atoms with E-state index in [9.17, 15) is 9.59 Å². The molecule has 1 saturated carbocycles. The molecule has 174 valence electrons. The van der Waals surface area contributed by atoms with Crippen LogP contribution in [0.4, 0.5) is 0 Å². The summed E-state index contributed by atoms with van der Waals surface area (Å²) >= 11 is 0. The van der Waals surface area contributed by atoms with Gasteiger partial charge in [-0.1, -0.05) is 12.1 Å². The zero-order valence-electron chi connectivity index (χ0n) is 18.8. The number of nitrogens with one attached hydrogen (secondary N) is 3. The van der Waals surface area contributed by atoms with Crippen molar-refractivity contribution in [3.63, 3.8) is 0 Å². The zero-order valence-corrected chi connectivity index (χ0v) is 18.8. The summed E-state index contributed by atoms with van der Waals surface area (Å²) < 4.78 is 11.7. The number of rotatable bonds is 7. The molecule has 2 aromatic rings. The summed E-state index contributed by atoms with van der Waals surface area (Å²) in [5.74, 6) is 1.54. The molecule has 2 aromatic carbocycles. The smallest absolute Gasteiger partial charge is 0.254 e. The van der Waals surface area contributed by atoms with Crippen molar-refractivity contribution in [1.82, 2.24) is 16.0 Å². The van der Waals surface area contributed by atoms with Crippen LogP contribution in [-0.4, -0.2) is 62.4 Å². The number of aliphatic hydroxyl groups is 1. The monoisotopic (exact) mass is 451 g/mol. The third-order valence-corrected chi connectivity index (χ3v) is 6.93. The van der Waals surface area contributed by atoms with Crippen LogP contribution >= 0.6 is 0 Å². The van der Waals surface area contributed by atoms with Crippen molar-refractivity contribution in [2.75, 3.05) is 33.4 Å². The fourth-order valence-corrected chi connectivity index (χ4v) is 5.23. The molecule has 2 heterocycles. The van der Waals surface area contributed by atoms with Gasteiger partial charge >= 0.3 is 0 Å². The summed E-state index contributed by atoms with van der Waals surface area (Å²) in [5.41, 5.74) is 2.59. The van der Waals surface area contributed by atoms with E-state index in [0.717, 1.165) is 24.2 Å². The highest BCUT2D eigenvalue weighted by Gasteiger charge is 2.53. The van der Waals surface area contributed by atoms with E-state index in [1.165, 1.54) is 0 Å². The van der Waals surface area contributed by atoms with Crippen molar-refractivity contribution in [2.45, 2.75) is 25.0 Å².